The van der Waals surface area contributed by atoms with Crippen LogP contribution in [-0.4, -0.2) is 19.7 Å². The number of carbonyl (C=O) groups excluding carboxylic acids is 1. The van der Waals surface area contributed by atoms with E-state index in [1.54, 1.807) is 36.4 Å². The summed E-state index contributed by atoms with van der Waals surface area (Å²) in [6.45, 7) is 0. The number of nitro groups is 1. The molecule has 3 aromatic carbocycles. The van der Waals surface area contributed by atoms with Crippen LogP contribution in [0.1, 0.15) is 0 Å². The molecule has 30 heavy (non-hydrogen) atoms. The number of non-ortho nitro benzene ring substituents is 1. The van der Waals surface area contributed by atoms with Crippen LogP contribution in [0.5, 0.6) is 0 Å². The summed E-state index contributed by atoms with van der Waals surface area (Å²) in [6.07, 6.45) is 0. The SMILES string of the molecule is O=C(Nc1ccccc1Br)Nc1ccccc1N(c1cccc([N+](=O)[O-])c1)S(=O)[O-]. The van der Waals surface area contributed by atoms with Crippen LogP contribution in [0.15, 0.2) is 77.3 Å². The molecule has 1 unspecified atom stereocenters. The molecule has 11 heteroatoms. The number of amides is 2. The summed E-state index contributed by atoms with van der Waals surface area (Å²) in [5, 5.41) is 16.3. The van der Waals surface area contributed by atoms with E-state index in [0.29, 0.717) is 10.2 Å². The third kappa shape index (κ3) is 5.00. The molecule has 1 atom stereocenters. The Kier molecular flexibility index (Phi) is 6.77. The van der Waals surface area contributed by atoms with Gasteiger partial charge in [-0.3, -0.25) is 18.6 Å². The van der Waals surface area contributed by atoms with E-state index in [-0.39, 0.29) is 22.7 Å². The molecule has 3 aromatic rings. The first-order chi connectivity index (χ1) is 14.4. The number of hydrogen-bond acceptors (Lipinski definition) is 5. The highest BCUT2D eigenvalue weighted by molar-refractivity contribution is 9.10. The van der Waals surface area contributed by atoms with E-state index in [0.717, 1.165) is 10.4 Å². The molecule has 0 spiro atoms. The van der Waals surface area contributed by atoms with Crippen molar-refractivity contribution >= 4 is 61.7 Å². The van der Waals surface area contributed by atoms with Gasteiger partial charge in [-0.2, -0.15) is 0 Å². The molecule has 0 aliphatic heterocycles. The Balaban J connectivity index is 1.93. The van der Waals surface area contributed by atoms with Gasteiger partial charge in [0.1, 0.15) is 0 Å². The number of rotatable bonds is 6. The molecule has 0 aromatic heterocycles. The summed E-state index contributed by atoms with van der Waals surface area (Å²) in [4.78, 5) is 22.9. The Morgan fingerprint density at radius 1 is 0.967 bits per heavy atom. The lowest BCUT2D eigenvalue weighted by Crippen LogP contribution is -2.24. The summed E-state index contributed by atoms with van der Waals surface area (Å²) in [5.41, 5.74) is 0.625. The van der Waals surface area contributed by atoms with E-state index in [9.17, 15) is 23.7 Å². The molecule has 0 saturated heterocycles. The van der Waals surface area contributed by atoms with Crippen LogP contribution >= 0.6 is 15.9 Å². The van der Waals surface area contributed by atoms with E-state index >= 15 is 0 Å². The van der Waals surface area contributed by atoms with Gasteiger partial charge in [0, 0.05) is 16.6 Å². The summed E-state index contributed by atoms with van der Waals surface area (Å²) in [7, 11) is 0. The topological polar surface area (TPSA) is 128 Å². The highest BCUT2D eigenvalue weighted by atomic mass is 79.9. The molecule has 0 aliphatic carbocycles. The predicted molar refractivity (Wildman–Crippen MR) is 117 cm³/mol. The Hall–Kier alpha value is -3.28. The molecule has 0 fully saturated rings. The van der Waals surface area contributed by atoms with Crippen molar-refractivity contribution in [3.8, 4) is 0 Å². The van der Waals surface area contributed by atoms with Gasteiger partial charge in [-0.25, -0.2) is 4.79 Å². The van der Waals surface area contributed by atoms with Crippen molar-refractivity contribution in [1.29, 1.82) is 0 Å². The maximum Gasteiger partial charge on any atom is 0.323 e. The number of carbonyl (C=O) groups is 1. The smallest absolute Gasteiger partial charge is 0.323 e. The summed E-state index contributed by atoms with van der Waals surface area (Å²) < 4.78 is 25.5. The lowest BCUT2D eigenvalue weighted by Gasteiger charge is -2.28. The minimum atomic E-state index is -2.81. The van der Waals surface area contributed by atoms with Crippen LogP contribution in [0.3, 0.4) is 0 Å². The number of nitro benzene ring substituents is 1. The number of benzene rings is 3. The van der Waals surface area contributed by atoms with Crippen LogP contribution in [0.4, 0.5) is 33.2 Å². The lowest BCUT2D eigenvalue weighted by molar-refractivity contribution is -0.384. The maximum absolute atomic E-state index is 12.5. The highest BCUT2D eigenvalue weighted by Gasteiger charge is 2.18. The molecular formula is C19H14BrN4O5S-. The molecule has 154 valence electrons. The van der Waals surface area contributed by atoms with Gasteiger partial charge >= 0.3 is 6.03 Å². The van der Waals surface area contributed by atoms with E-state index < -0.39 is 22.2 Å². The quantitative estimate of drug-likeness (QED) is 0.288. The zero-order valence-corrected chi connectivity index (χ0v) is 17.6. The zero-order valence-electron chi connectivity index (χ0n) is 15.2. The second-order valence-electron chi connectivity index (χ2n) is 5.86. The first-order valence-electron chi connectivity index (χ1n) is 8.42. The summed E-state index contributed by atoms with van der Waals surface area (Å²) in [5.74, 6) is 0. The summed E-state index contributed by atoms with van der Waals surface area (Å²) in [6, 6.07) is 17.8. The van der Waals surface area contributed by atoms with Gasteiger partial charge in [-0.1, -0.05) is 30.3 Å². The van der Waals surface area contributed by atoms with Crippen LogP contribution in [-0.2, 0) is 11.3 Å². The lowest BCUT2D eigenvalue weighted by atomic mass is 10.2. The Morgan fingerprint density at radius 3 is 2.27 bits per heavy atom. The second kappa shape index (κ2) is 9.48. The van der Waals surface area contributed by atoms with Crippen molar-refractivity contribution in [2.75, 3.05) is 14.9 Å². The van der Waals surface area contributed by atoms with Gasteiger partial charge in [0.15, 0.2) is 0 Å². The fourth-order valence-corrected chi connectivity index (χ4v) is 3.62. The van der Waals surface area contributed by atoms with Gasteiger partial charge in [-0.05, 0) is 46.3 Å². The Morgan fingerprint density at radius 2 is 1.60 bits per heavy atom. The number of halogens is 1. The van der Waals surface area contributed by atoms with E-state index in [1.165, 1.54) is 30.3 Å². The number of para-hydroxylation sites is 3. The van der Waals surface area contributed by atoms with Gasteiger partial charge < -0.3 is 15.2 Å². The van der Waals surface area contributed by atoms with Crippen molar-refractivity contribution in [3.05, 3.63) is 87.4 Å². The fourth-order valence-electron chi connectivity index (χ4n) is 2.63. The average molecular weight is 490 g/mol. The van der Waals surface area contributed by atoms with Crippen LogP contribution < -0.4 is 14.9 Å². The van der Waals surface area contributed by atoms with E-state index in [2.05, 4.69) is 26.6 Å². The van der Waals surface area contributed by atoms with Crippen molar-refractivity contribution in [2.24, 2.45) is 0 Å². The van der Waals surface area contributed by atoms with Crippen LogP contribution in [0, 0.1) is 10.1 Å². The van der Waals surface area contributed by atoms with Crippen molar-refractivity contribution < 1.29 is 18.5 Å². The molecular weight excluding hydrogens is 476 g/mol. The van der Waals surface area contributed by atoms with Gasteiger partial charge in [0.05, 0.1) is 38.9 Å². The van der Waals surface area contributed by atoms with Crippen LogP contribution in [0.25, 0.3) is 0 Å². The fraction of sp³-hybridized carbons (Fsp3) is 0. The van der Waals surface area contributed by atoms with Crippen molar-refractivity contribution in [2.45, 2.75) is 0 Å². The Labute approximate surface area is 182 Å². The molecule has 0 radical (unpaired) electrons. The number of nitrogens with zero attached hydrogens (tertiary/aromatic N) is 2. The number of hydrogen-bond donors (Lipinski definition) is 2. The second-order valence-corrected chi connectivity index (χ2v) is 7.52. The molecule has 2 amide bonds. The van der Waals surface area contributed by atoms with Gasteiger partial charge in [0.25, 0.3) is 5.69 Å². The zero-order chi connectivity index (χ0) is 21.7. The van der Waals surface area contributed by atoms with Gasteiger partial charge in [-0.15, -0.1) is 0 Å². The Bertz CT molecular complexity index is 1130. The third-order valence-electron chi connectivity index (χ3n) is 3.92. The molecule has 0 aliphatic rings. The summed E-state index contributed by atoms with van der Waals surface area (Å²) >= 11 is 0.517. The third-order valence-corrected chi connectivity index (χ3v) is 5.31. The van der Waals surface area contributed by atoms with Crippen molar-refractivity contribution in [3.63, 3.8) is 0 Å². The molecule has 3 rings (SSSR count). The molecule has 0 saturated carbocycles. The molecule has 9 nitrogen and oxygen atoms in total. The number of anilines is 4. The molecule has 2 N–H and O–H groups in total. The first-order valence-corrected chi connectivity index (χ1v) is 10.2. The maximum atomic E-state index is 12.5. The van der Waals surface area contributed by atoms with E-state index in [4.69, 9.17) is 0 Å². The number of nitrogens with one attached hydrogen (secondary N) is 2. The monoisotopic (exact) mass is 489 g/mol. The predicted octanol–water partition coefficient (Wildman–Crippen LogP) is 4.93. The first kappa shape index (κ1) is 21.4. The molecule has 0 heterocycles. The normalized spacial score (nSPS) is 11.4. The minimum Gasteiger partial charge on any atom is -0.755 e. The highest BCUT2D eigenvalue weighted by Crippen LogP contribution is 2.34. The molecule has 0 bridgehead atoms. The van der Waals surface area contributed by atoms with Crippen LogP contribution in [0.2, 0.25) is 0 Å². The number of urea groups is 1. The average Bonchev–Trinajstić information content (AvgIpc) is 2.71. The van der Waals surface area contributed by atoms with E-state index in [1.807, 2.05) is 0 Å². The van der Waals surface area contributed by atoms with Crippen molar-refractivity contribution in [1.82, 2.24) is 0 Å². The minimum absolute atomic E-state index is 0.0537. The largest absolute Gasteiger partial charge is 0.755 e. The standard InChI is InChI=1S/C19H15BrN4O5S/c20-15-8-1-2-9-16(15)21-19(25)22-17-10-3-4-11-18(17)23(30(28)29)13-6-5-7-14(12-13)24(26)27/h1-12H,(H,28,29)(H2,21,22,25)/p-1. The van der Waals surface area contributed by atoms with Gasteiger partial charge in [0.2, 0.25) is 0 Å².